The van der Waals surface area contributed by atoms with Crippen LogP contribution in [0.25, 0.3) is 11.3 Å². The number of carbonyl (C=O) groups excluding carboxylic acids is 2. The van der Waals surface area contributed by atoms with Gasteiger partial charge in [0.15, 0.2) is 0 Å². The van der Waals surface area contributed by atoms with Crippen LogP contribution in [-0.2, 0) is 4.74 Å². The van der Waals surface area contributed by atoms with Crippen molar-refractivity contribution in [2.75, 3.05) is 14.2 Å². The highest BCUT2D eigenvalue weighted by Crippen LogP contribution is 2.37. The predicted octanol–water partition coefficient (Wildman–Crippen LogP) is 2.70. The number of H-pyrrole nitrogens is 1. The summed E-state index contributed by atoms with van der Waals surface area (Å²) in [6, 6.07) is 14.1. The summed E-state index contributed by atoms with van der Waals surface area (Å²) in [5.41, 5.74) is 4.05. The van der Waals surface area contributed by atoms with Crippen molar-refractivity contribution >= 4 is 11.9 Å². The van der Waals surface area contributed by atoms with Gasteiger partial charge in [-0.3, -0.25) is 9.89 Å². The molecule has 2 heterocycles. The Bertz CT molecular complexity index is 1020. The molecule has 27 heavy (non-hydrogen) atoms. The number of nitrogens with one attached hydrogen (secondary N) is 2. The fourth-order valence-electron chi connectivity index (χ4n) is 3.25. The first-order valence-corrected chi connectivity index (χ1v) is 8.34. The average molecular weight is 363 g/mol. The molecule has 1 atom stereocenters. The first-order chi connectivity index (χ1) is 13.1. The summed E-state index contributed by atoms with van der Waals surface area (Å²) < 4.78 is 10.0. The predicted molar refractivity (Wildman–Crippen MR) is 97.7 cm³/mol. The van der Waals surface area contributed by atoms with Gasteiger partial charge in [-0.2, -0.15) is 5.10 Å². The molecule has 0 unspecified atom stereocenters. The van der Waals surface area contributed by atoms with Crippen LogP contribution >= 0.6 is 0 Å². The Morgan fingerprint density at radius 1 is 1.11 bits per heavy atom. The number of carbonyl (C=O) groups is 2. The van der Waals surface area contributed by atoms with Gasteiger partial charge in [-0.05, 0) is 29.8 Å². The first kappa shape index (κ1) is 16.8. The molecule has 7 heteroatoms. The Morgan fingerprint density at radius 2 is 1.89 bits per heavy atom. The van der Waals surface area contributed by atoms with Crippen molar-refractivity contribution in [2.24, 2.45) is 0 Å². The highest BCUT2D eigenvalue weighted by atomic mass is 16.5. The van der Waals surface area contributed by atoms with Crippen LogP contribution in [0.4, 0.5) is 0 Å². The van der Waals surface area contributed by atoms with Crippen molar-refractivity contribution in [2.45, 2.75) is 6.04 Å². The zero-order valence-corrected chi connectivity index (χ0v) is 14.8. The third-order valence-corrected chi connectivity index (χ3v) is 4.60. The van der Waals surface area contributed by atoms with E-state index in [4.69, 9.17) is 9.47 Å². The lowest BCUT2D eigenvalue weighted by molar-refractivity contribution is 0.0600. The largest absolute Gasteiger partial charge is 0.497 e. The van der Waals surface area contributed by atoms with Crippen LogP contribution in [-0.4, -0.2) is 36.3 Å². The quantitative estimate of drug-likeness (QED) is 0.695. The molecule has 0 aliphatic carbocycles. The lowest BCUT2D eigenvalue weighted by Gasteiger charge is -2.14. The van der Waals surface area contributed by atoms with E-state index in [2.05, 4.69) is 15.5 Å². The van der Waals surface area contributed by atoms with E-state index in [1.165, 1.54) is 7.11 Å². The molecule has 0 bridgehead atoms. The summed E-state index contributed by atoms with van der Waals surface area (Å²) in [5, 5.41) is 10.1. The molecule has 0 saturated heterocycles. The van der Waals surface area contributed by atoms with Crippen LogP contribution in [0.1, 0.15) is 38.0 Å². The zero-order valence-electron chi connectivity index (χ0n) is 14.8. The van der Waals surface area contributed by atoms with Gasteiger partial charge < -0.3 is 14.8 Å². The lowest BCUT2D eigenvalue weighted by atomic mass is 9.96. The van der Waals surface area contributed by atoms with E-state index in [9.17, 15) is 9.59 Å². The van der Waals surface area contributed by atoms with Crippen LogP contribution in [0, 0.1) is 0 Å². The third-order valence-electron chi connectivity index (χ3n) is 4.60. The van der Waals surface area contributed by atoms with Gasteiger partial charge in [-0.1, -0.05) is 24.3 Å². The van der Waals surface area contributed by atoms with Crippen molar-refractivity contribution < 1.29 is 19.1 Å². The lowest BCUT2D eigenvalue weighted by Crippen LogP contribution is -2.21. The van der Waals surface area contributed by atoms with Crippen LogP contribution in [0.2, 0.25) is 0 Å². The zero-order chi connectivity index (χ0) is 19.0. The summed E-state index contributed by atoms with van der Waals surface area (Å²) in [5.74, 6) is 0.0901. The smallest absolute Gasteiger partial charge is 0.337 e. The van der Waals surface area contributed by atoms with Gasteiger partial charge in [0.25, 0.3) is 5.91 Å². The molecule has 0 spiro atoms. The van der Waals surface area contributed by atoms with E-state index in [1.54, 1.807) is 31.4 Å². The van der Waals surface area contributed by atoms with E-state index in [0.717, 1.165) is 16.7 Å². The van der Waals surface area contributed by atoms with Crippen molar-refractivity contribution in [3.8, 4) is 17.0 Å². The number of methoxy groups -OCH3 is 2. The maximum Gasteiger partial charge on any atom is 0.337 e. The van der Waals surface area contributed by atoms with E-state index >= 15 is 0 Å². The van der Waals surface area contributed by atoms with Crippen molar-refractivity contribution in [1.82, 2.24) is 15.5 Å². The monoisotopic (exact) mass is 363 g/mol. The van der Waals surface area contributed by atoms with E-state index in [1.807, 2.05) is 24.3 Å². The molecule has 1 aliphatic heterocycles. The van der Waals surface area contributed by atoms with Crippen LogP contribution in [0.3, 0.4) is 0 Å². The first-order valence-electron chi connectivity index (χ1n) is 8.34. The number of rotatable bonds is 4. The highest BCUT2D eigenvalue weighted by Gasteiger charge is 2.35. The Hall–Kier alpha value is -3.61. The number of fused-ring (bicyclic) bond motifs is 1. The van der Waals surface area contributed by atoms with Crippen molar-refractivity contribution in [1.29, 1.82) is 0 Å². The maximum atomic E-state index is 12.4. The fourth-order valence-corrected chi connectivity index (χ4v) is 3.25. The van der Waals surface area contributed by atoms with Gasteiger partial charge in [-0.15, -0.1) is 0 Å². The van der Waals surface area contributed by atoms with E-state index in [-0.39, 0.29) is 11.9 Å². The fraction of sp³-hybridized carbons (Fsp3) is 0.150. The summed E-state index contributed by atoms with van der Waals surface area (Å²) in [7, 11) is 2.94. The number of aromatic nitrogens is 2. The van der Waals surface area contributed by atoms with Gasteiger partial charge in [0.2, 0.25) is 0 Å². The number of amides is 1. The van der Waals surface area contributed by atoms with Gasteiger partial charge in [0.05, 0.1) is 31.5 Å². The second kappa shape index (κ2) is 6.60. The second-order valence-electron chi connectivity index (χ2n) is 6.11. The van der Waals surface area contributed by atoms with Crippen LogP contribution in [0.15, 0.2) is 48.5 Å². The Morgan fingerprint density at radius 3 is 2.59 bits per heavy atom. The standard InChI is InChI=1S/C20H17N3O4/c1-26-14-5-3-4-13(10-14)17-15-16(21-19(24)18(15)23-22-17)11-6-8-12(9-7-11)20(25)27-2/h3-10,16H,1-2H3,(H,21,24)(H,22,23)/t16-/m0/s1. The molecule has 7 nitrogen and oxygen atoms in total. The topological polar surface area (TPSA) is 93.3 Å². The molecule has 4 rings (SSSR count). The molecule has 2 aromatic carbocycles. The Balaban J connectivity index is 1.76. The molecule has 1 aliphatic rings. The molecule has 1 aromatic heterocycles. The third kappa shape index (κ3) is 2.83. The summed E-state index contributed by atoms with van der Waals surface area (Å²) >= 11 is 0. The summed E-state index contributed by atoms with van der Waals surface area (Å²) in [6.45, 7) is 0. The molecule has 136 valence electrons. The van der Waals surface area contributed by atoms with Gasteiger partial charge in [0, 0.05) is 11.1 Å². The number of aromatic amines is 1. The number of esters is 1. The van der Waals surface area contributed by atoms with Crippen LogP contribution < -0.4 is 10.1 Å². The summed E-state index contributed by atoms with van der Waals surface area (Å²) in [4.78, 5) is 24.0. The normalized spacial score (nSPS) is 15.2. The van der Waals surface area contributed by atoms with Gasteiger partial charge in [-0.25, -0.2) is 4.79 Å². The second-order valence-corrected chi connectivity index (χ2v) is 6.11. The number of benzene rings is 2. The Kier molecular flexibility index (Phi) is 4.12. The molecule has 0 fully saturated rings. The number of hydrogen-bond donors (Lipinski definition) is 2. The molecule has 3 aromatic rings. The Labute approximate surface area is 155 Å². The van der Waals surface area contributed by atoms with Gasteiger partial charge >= 0.3 is 5.97 Å². The van der Waals surface area contributed by atoms with E-state index < -0.39 is 5.97 Å². The minimum Gasteiger partial charge on any atom is -0.497 e. The molecule has 2 N–H and O–H groups in total. The number of hydrogen-bond acceptors (Lipinski definition) is 5. The van der Waals surface area contributed by atoms with Crippen molar-refractivity contribution in [3.63, 3.8) is 0 Å². The SMILES string of the molecule is COC(=O)c1ccc([C@@H]2NC(=O)c3[nH]nc(-c4cccc(OC)c4)c32)cc1. The summed E-state index contributed by atoms with van der Waals surface area (Å²) in [6.07, 6.45) is 0. The molecular formula is C20H17N3O4. The number of nitrogens with zero attached hydrogens (tertiary/aromatic N) is 1. The van der Waals surface area contributed by atoms with Gasteiger partial charge in [0.1, 0.15) is 11.4 Å². The highest BCUT2D eigenvalue weighted by molar-refractivity contribution is 6.00. The molecular weight excluding hydrogens is 346 g/mol. The maximum absolute atomic E-state index is 12.4. The minimum absolute atomic E-state index is 0.214. The molecule has 0 saturated carbocycles. The average Bonchev–Trinajstić information content (AvgIpc) is 3.29. The minimum atomic E-state index is -0.405. The molecule has 0 radical (unpaired) electrons. The van der Waals surface area contributed by atoms with Crippen LogP contribution in [0.5, 0.6) is 5.75 Å². The van der Waals surface area contributed by atoms with E-state index in [0.29, 0.717) is 22.7 Å². The number of ether oxygens (including phenoxy) is 2. The van der Waals surface area contributed by atoms with Crippen molar-refractivity contribution in [3.05, 3.63) is 70.9 Å². The molecule has 1 amide bonds.